The van der Waals surface area contributed by atoms with E-state index in [0.717, 1.165) is 0 Å². The molecule has 0 saturated carbocycles. The minimum Gasteiger partial charge on any atom is -0.480 e. The van der Waals surface area contributed by atoms with Crippen LogP contribution in [0.1, 0.15) is 26.2 Å². The summed E-state index contributed by atoms with van der Waals surface area (Å²) in [5.41, 5.74) is 10.6. The average Bonchev–Trinajstić information content (AvgIpc) is 2.48. The van der Waals surface area contributed by atoms with Crippen molar-refractivity contribution in [1.29, 1.82) is 0 Å². The van der Waals surface area contributed by atoms with Crippen LogP contribution >= 0.6 is 11.8 Å². The first-order chi connectivity index (χ1) is 10.7. The fraction of sp³-hybridized carbons (Fsp3) is 0.692. The van der Waals surface area contributed by atoms with Gasteiger partial charge in [0.05, 0.1) is 6.04 Å². The first kappa shape index (κ1) is 21.2. The molecule has 0 radical (unpaired) electrons. The highest BCUT2D eigenvalue weighted by atomic mass is 32.2. The molecule has 9 nitrogen and oxygen atoms in total. The minimum atomic E-state index is -1.17. The second-order valence-electron chi connectivity index (χ2n) is 5.02. The normalized spacial score (nSPS) is 14.4. The fourth-order valence-electron chi connectivity index (χ4n) is 1.59. The van der Waals surface area contributed by atoms with Crippen molar-refractivity contribution in [3.8, 4) is 0 Å². The Morgan fingerprint density at radius 3 is 2.22 bits per heavy atom. The van der Waals surface area contributed by atoms with Crippen LogP contribution in [0.3, 0.4) is 0 Å². The Morgan fingerprint density at radius 2 is 1.74 bits per heavy atom. The highest BCUT2D eigenvalue weighted by Gasteiger charge is 2.25. The second-order valence-corrected chi connectivity index (χ2v) is 6.01. The molecule has 3 unspecified atom stereocenters. The Balaban J connectivity index is 4.70. The minimum absolute atomic E-state index is 0.0354. The third-order valence-corrected chi connectivity index (χ3v) is 3.66. The number of aliphatic carboxylic acids is 1. The van der Waals surface area contributed by atoms with E-state index in [4.69, 9.17) is 16.6 Å². The molecule has 0 aliphatic rings. The topological polar surface area (TPSA) is 165 Å². The van der Waals surface area contributed by atoms with E-state index in [9.17, 15) is 19.2 Å². The summed E-state index contributed by atoms with van der Waals surface area (Å²) in [5.74, 6) is -2.33. The van der Waals surface area contributed by atoms with E-state index < -0.39 is 41.8 Å². The third-order valence-electron chi connectivity index (χ3n) is 3.01. The molecular formula is C13H24N4O5S. The van der Waals surface area contributed by atoms with Crippen LogP contribution in [0.25, 0.3) is 0 Å². The van der Waals surface area contributed by atoms with Gasteiger partial charge in [-0.05, 0) is 31.8 Å². The standard InChI is InChI=1S/C13H24N4O5S/c1-7(13(21)22)16-12(20)9(5-6-23-2)17-11(19)8(14)3-4-10(15)18/h7-9H,3-6,14H2,1-2H3,(H2,15,18)(H,16,20)(H,17,19)(H,21,22). The maximum absolute atomic E-state index is 12.1. The van der Waals surface area contributed by atoms with Gasteiger partial charge in [-0.25, -0.2) is 0 Å². The van der Waals surface area contributed by atoms with Crippen molar-refractivity contribution in [2.75, 3.05) is 12.0 Å². The van der Waals surface area contributed by atoms with Crippen molar-refractivity contribution in [3.63, 3.8) is 0 Å². The SMILES string of the molecule is CSCCC(NC(=O)C(N)CCC(N)=O)C(=O)NC(C)C(=O)O. The van der Waals surface area contributed by atoms with E-state index in [1.807, 2.05) is 6.26 Å². The van der Waals surface area contributed by atoms with Crippen LogP contribution in [0, 0.1) is 0 Å². The Bertz CT molecular complexity index is 446. The van der Waals surface area contributed by atoms with E-state index in [2.05, 4.69) is 10.6 Å². The van der Waals surface area contributed by atoms with Crippen LogP contribution in [0.4, 0.5) is 0 Å². The van der Waals surface area contributed by atoms with Crippen molar-refractivity contribution in [1.82, 2.24) is 10.6 Å². The first-order valence-corrected chi connectivity index (χ1v) is 8.44. The molecule has 3 amide bonds. The number of nitrogens with two attached hydrogens (primary N) is 2. The summed E-state index contributed by atoms with van der Waals surface area (Å²) in [6.07, 6.45) is 2.21. The molecule has 132 valence electrons. The Hall–Kier alpha value is -1.81. The predicted molar refractivity (Wildman–Crippen MR) is 86.6 cm³/mol. The first-order valence-electron chi connectivity index (χ1n) is 7.05. The lowest BCUT2D eigenvalue weighted by molar-refractivity contribution is -0.141. The summed E-state index contributed by atoms with van der Waals surface area (Å²) in [5, 5.41) is 13.6. The zero-order valence-corrected chi connectivity index (χ0v) is 14.0. The van der Waals surface area contributed by atoms with E-state index in [-0.39, 0.29) is 12.8 Å². The van der Waals surface area contributed by atoms with Gasteiger partial charge in [0.1, 0.15) is 12.1 Å². The molecule has 0 aromatic rings. The molecule has 0 saturated heterocycles. The molecule has 0 spiro atoms. The smallest absolute Gasteiger partial charge is 0.325 e. The number of carboxylic acid groups (broad SMARTS) is 1. The maximum atomic E-state index is 12.1. The lowest BCUT2D eigenvalue weighted by atomic mass is 10.1. The van der Waals surface area contributed by atoms with Gasteiger partial charge < -0.3 is 27.2 Å². The Morgan fingerprint density at radius 1 is 1.13 bits per heavy atom. The molecule has 0 heterocycles. The summed E-state index contributed by atoms with van der Waals surface area (Å²) in [7, 11) is 0. The summed E-state index contributed by atoms with van der Waals surface area (Å²) in [6, 6.07) is -2.93. The number of hydrogen-bond acceptors (Lipinski definition) is 6. The van der Waals surface area contributed by atoms with Crippen molar-refractivity contribution < 1.29 is 24.3 Å². The van der Waals surface area contributed by atoms with Gasteiger partial charge in [0, 0.05) is 6.42 Å². The van der Waals surface area contributed by atoms with Gasteiger partial charge in [-0.15, -0.1) is 0 Å². The van der Waals surface area contributed by atoms with Crippen LogP contribution in [-0.4, -0.2) is 58.9 Å². The highest BCUT2D eigenvalue weighted by molar-refractivity contribution is 7.98. The molecule has 0 aliphatic heterocycles. The van der Waals surface area contributed by atoms with Gasteiger partial charge in [-0.2, -0.15) is 11.8 Å². The predicted octanol–water partition coefficient (Wildman–Crippen LogP) is -1.59. The van der Waals surface area contributed by atoms with Crippen LogP contribution in [0.2, 0.25) is 0 Å². The third kappa shape index (κ3) is 9.04. The number of rotatable bonds is 11. The van der Waals surface area contributed by atoms with Gasteiger partial charge in [-0.1, -0.05) is 0 Å². The quantitative estimate of drug-likeness (QED) is 0.300. The van der Waals surface area contributed by atoms with Gasteiger partial charge >= 0.3 is 5.97 Å². The largest absolute Gasteiger partial charge is 0.480 e. The Labute approximate surface area is 138 Å². The van der Waals surface area contributed by atoms with Gasteiger partial charge in [0.15, 0.2) is 0 Å². The van der Waals surface area contributed by atoms with E-state index >= 15 is 0 Å². The number of carbonyl (C=O) groups excluding carboxylic acids is 3. The van der Waals surface area contributed by atoms with Crippen LogP contribution < -0.4 is 22.1 Å². The number of amides is 3. The zero-order chi connectivity index (χ0) is 18.0. The van der Waals surface area contributed by atoms with E-state index in [1.54, 1.807) is 0 Å². The summed E-state index contributed by atoms with van der Waals surface area (Å²) in [4.78, 5) is 45.5. The molecule has 0 aromatic heterocycles. The number of primary amides is 1. The number of carbonyl (C=O) groups is 4. The van der Waals surface area contributed by atoms with Gasteiger partial charge in [0.25, 0.3) is 0 Å². The molecule has 0 bridgehead atoms. The maximum Gasteiger partial charge on any atom is 0.325 e. The summed E-state index contributed by atoms with van der Waals surface area (Å²) >= 11 is 1.48. The molecular weight excluding hydrogens is 324 g/mol. The molecule has 10 heteroatoms. The zero-order valence-electron chi connectivity index (χ0n) is 13.2. The second kappa shape index (κ2) is 10.8. The van der Waals surface area contributed by atoms with Crippen LogP contribution in [0.15, 0.2) is 0 Å². The summed E-state index contributed by atoms with van der Waals surface area (Å²) in [6.45, 7) is 1.33. The monoisotopic (exact) mass is 348 g/mol. The number of hydrogen-bond donors (Lipinski definition) is 5. The molecule has 3 atom stereocenters. The van der Waals surface area contributed by atoms with Crippen molar-refractivity contribution >= 4 is 35.5 Å². The molecule has 0 aliphatic carbocycles. The molecule has 23 heavy (non-hydrogen) atoms. The lowest BCUT2D eigenvalue weighted by Gasteiger charge is -2.21. The molecule has 0 fully saturated rings. The lowest BCUT2D eigenvalue weighted by Crippen LogP contribution is -2.54. The van der Waals surface area contributed by atoms with E-state index in [1.165, 1.54) is 18.7 Å². The summed E-state index contributed by atoms with van der Waals surface area (Å²) < 4.78 is 0. The van der Waals surface area contributed by atoms with Gasteiger partial charge in [-0.3, -0.25) is 19.2 Å². The number of carboxylic acids is 1. The van der Waals surface area contributed by atoms with Crippen molar-refractivity contribution in [3.05, 3.63) is 0 Å². The highest BCUT2D eigenvalue weighted by Crippen LogP contribution is 2.03. The van der Waals surface area contributed by atoms with E-state index in [0.29, 0.717) is 12.2 Å². The molecule has 7 N–H and O–H groups in total. The fourth-order valence-corrected chi connectivity index (χ4v) is 2.06. The molecule has 0 rings (SSSR count). The number of nitrogens with one attached hydrogen (secondary N) is 2. The van der Waals surface area contributed by atoms with Crippen LogP contribution in [-0.2, 0) is 19.2 Å². The van der Waals surface area contributed by atoms with Crippen LogP contribution in [0.5, 0.6) is 0 Å². The molecule has 0 aromatic carbocycles. The Kier molecular flexibility index (Phi) is 9.99. The van der Waals surface area contributed by atoms with Crippen molar-refractivity contribution in [2.24, 2.45) is 11.5 Å². The average molecular weight is 348 g/mol. The van der Waals surface area contributed by atoms with Gasteiger partial charge in [0.2, 0.25) is 17.7 Å². The van der Waals surface area contributed by atoms with Crippen molar-refractivity contribution in [2.45, 2.75) is 44.3 Å². The number of thioether (sulfide) groups is 1.